The molecule has 4 heteroatoms. The molecule has 1 saturated heterocycles. The molecule has 0 aromatic heterocycles. The van der Waals surface area contributed by atoms with Gasteiger partial charge in [0, 0.05) is 35.8 Å². The van der Waals surface area contributed by atoms with E-state index < -0.39 is 0 Å². The molecule has 2 atom stereocenters. The fourth-order valence-corrected chi connectivity index (χ4v) is 2.28. The van der Waals surface area contributed by atoms with Crippen LogP contribution >= 0.6 is 11.6 Å². The first-order valence-electron chi connectivity index (χ1n) is 5.51. The topological polar surface area (TPSA) is 29.3 Å². The zero-order chi connectivity index (χ0) is 11.7. The number of rotatable bonds is 2. The lowest BCUT2D eigenvalue weighted by molar-refractivity contribution is 0.248. The fourth-order valence-electron chi connectivity index (χ4n) is 2.12. The van der Waals surface area contributed by atoms with Gasteiger partial charge in [-0.15, -0.1) is 0 Å². The number of halogens is 2. The molecule has 0 aliphatic carbocycles. The average Bonchev–Trinajstić information content (AvgIpc) is 2.54. The number of hydrogen-bond acceptors (Lipinski definition) is 2. The maximum Gasteiger partial charge on any atom is 0.129 e. The molecule has 2 unspecified atom stereocenters. The van der Waals surface area contributed by atoms with E-state index >= 15 is 0 Å². The lowest BCUT2D eigenvalue weighted by Gasteiger charge is -2.23. The second-order valence-corrected chi connectivity index (χ2v) is 4.84. The fraction of sp³-hybridized carbons (Fsp3) is 0.500. The van der Waals surface area contributed by atoms with E-state index in [1.54, 1.807) is 12.1 Å². The van der Waals surface area contributed by atoms with Gasteiger partial charge in [0.2, 0.25) is 0 Å². The molecule has 1 heterocycles. The zero-order valence-corrected chi connectivity index (χ0v) is 10.0. The van der Waals surface area contributed by atoms with Crippen molar-refractivity contribution in [1.82, 2.24) is 4.90 Å². The van der Waals surface area contributed by atoms with Crippen LogP contribution in [0.15, 0.2) is 18.2 Å². The van der Waals surface area contributed by atoms with E-state index in [4.69, 9.17) is 17.3 Å². The lowest BCUT2D eigenvalue weighted by atomic mass is 10.1. The summed E-state index contributed by atoms with van der Waals surface area (Å²) in [5, 5.41) is 0.437. The van der Waals surface area contributed by atoms with E-state index in [0.717, 1.165) is 13.0 Å². The summed E-state index contributed by atoms with van der Waals surface area (Å²) in [4.78, 5) is 2.21. The highest BCUT2D eigenvalue weighted by molar-refractivity contribution is 6.30. The van der Waals surface area contributed by atoms with Gasteiger partial charge in [0.05, 0.1) is 0 Å². The second kappa shape index (κ2) is 4.70. The van der Waals surface area contributed by atoms with Crippen LogP contribution in [-0.2, 0) is 6.54 Å². The zero-order valence-electron chi connectivity index (χ0n) is 9.29. The first-order chi connectivity index (χ1) is 7.58. The molecule has 0 spiro atoms. The van der Waals surface area contributed by atoms with Crippen molar-refractivity contribution in [1.29, 1.82) is 0 Å². The van der Waals surface area contributed by atoms with Gasteiger partial charge in [0.1, 0.15) is 5.82 Å². The lowest BCUT2D eigenvalue weighted by Crippen LogP contribution is -2.36. The monoisotopic (exact) mass is 242 g/mol. The Balaban J connectivity index is 2.09. The minimum atomic E-state index is -0.236. The Bertz CT molecular complexity index is 383. The third-order valence-corrected chi connectivity index (χ3v) is 3.57. The predicted molar refractivity (Wildman–Crippen MR) is 63.9 cm³/mol. The van der Waals surface area contributed by atoms with Crippen LogP contribution in [0.4, 0.5) is 4.39 Å². The summed E-state index contributed by atoms with van der Waals surface area (Å²) in [6.07, 6.45) is 0.983. The first-order valence-corrected chi connectivity index (χ1v) is 5.89. The number of nitrogens with zero attached hydrogens (tertiary/aromatic N) is 1. The van der Waals surface area contributed by atoms with Crippen LogP contribution in [0, 0.1) is 5.82 Å². The molecular formula is C12H16ClFN2. The molecule has 2 rings (SSSR count). The van der Waals surface area contributed by atoms with Crippen LogP contribution in [0.5, 0.6) is 0 Å². The van der Waals surface area contributed by atoms with Gasteiger partial charge in [-0.2, -0.15) is 0 Å². The van der Waals surface area contributed by atoms with Gasteiger partial charge in [-0.05, 0) is 25.5 Å². The Labute approximate surface area is 100 Å². The second-order valence-electron chi connectivity index (χ2n) is 4.40. The van der Waals surface area contributed by atoms with Gasteiger partial charge in [-0.1, -0.05) is 17.7 Å². The highest BCUT2D eigenvalue weighted by Crippen LogP contribution is 2.21. The van der Waals surface area contributed by atoms with Crippen LogP contribution in [-0.4, -0.2) is 23.5 Å². The SMILES string of the molecule is CC1C(N)CCN1Cc1ccc(Cl)cc1F. The molecule has 16 heavy (non-hydrogen) atoms. The van der Waals surface area contributed by atoms with Crippen molar-refractivity contribution in [3.8, 4) is 0 Å². The van der Waals surface area contributed by atoms with E-state index in [9.17, 15) is 4.39 Å². The summed E-state index contributed by atoms with van der Waals surface area (Å²) in [5.74, 6) is -0.236. The molecule has 88 valence electrons. The maximum atomic E-state index is 13.6. The number of nitrogens with two attached hydrogens (primary N) is 1. The molecular weight excluding hydrogens is 227 g/mol. The van der Waals surface area contributed by atoms with Crippen molar-refractivity contribution in [3.05, 3.63) is 34.6 Å². The van der Waals surface area contributed by atoms with Gasteiger partial charge in [-0.25, -0.2) is 4.39 Å². The predicted octanol–water partition coefficient (Wildman–Crippen LogP) is 2.40. The Morgan fingerprint density at radius 2 is 2.31 bits per heavy atom. The Morgan fingerprint density at radius 1 is 1.56 bits per heavy atom. The van der Waals surface area contributed by atoms with Gasteiger partial charge in [0.15, 0.2) is 0 Å². The number of benzene rings is 1. The Hall–Kier alpha value is -0.640. The molecule has 1 aliphatic rings. The molecule has 0 radical (unpaired) electrons. The summed E-state index contributed by atoms with van der Waals surface area (Å²) in [7, 11) is 0. The van der Waals surface area contributed by atoms with Crippen LogP contribution in [0.3, 0.4) is 0 Å². The molecule has 0 bridgehead atoms. The van der Waals surface area contributed by atoms with Crippen molar-refractivity contribution in [2.24, 2.45) is 5.73 Å². The molecule has 1 aromatic rings. The number of hydrogen-bond donors (Lipinski definition) is 1. The van der Waals surface area contributed by atoms with Crippen molar-refractivity contribution >= 4 is 11.6 Å². The highest BCUT2D eigenvalue weighted by atomic mass is 35.5. The largest absolute Gasteiger partial charge is 0.326 e. The maximum absolute atomic E-state index is 13.6. The quantitative estimate of drug-likeness (QED) is 0.863. The van der Waals surface area contributed by atoms with E-state index in [0.29, 0.717) is 23.2 Å². The van der Waals surface area contributed by atoms with Gasteiger partial charge in [-0.3, -0.25) is 4.90 Å². The van der Waals surface area contributed by atoms with Crippen LogP contribution in [0.1, 0.15) is 18.9 Å². The minimum absolute atomic E-state index is 0.204. The average molecular weight is 243 g/mol. The smallest absolute Gasteiger partial charge is 0.129 e. The van der Waals surface area contributed by atoms with Crippen molar-refractivity contribution in [2.45, 2.75) is 32.0 Å². The van der Waals surface area contributed by atoms with Crippen molar-refractivity contribution in [2.75, 3.05) is 6.54 Å². The van der Waals surface area contributed by atoms with Crippen LogP contribution in [0.25, 0.3) is 0 Å². The standard InChI is InChI=1S/C12H16ClFN2/c1-8-12(15)4-5-16(8)7-9-2-3-10(13)6-11(9)14/h2-3,6,8,12H,4-5,7,15H2,1H3. The Kier molecular flexibility index (Phi) is 3.47. The molecule has 2 nitrogen and oxygen atoms in total. The normalized spacial score (nSPS) is 26.2. The highest BCUT2D eigenvalue weighted by Gasteiger charge is 2.27. The van der Waals surface area contributed by atoms with Crippen molar-refractivity contribution < 1.29 is 4.39 Å². The third kappa shape index (κ3) is 2.37. The van der Waals surface area contributed by atoms with E-state index in [2.05, 4.69) is 11.8 Å². The van der Waals surface area contributed by atoms with Crippen LogP contribution in [0.2, 0.25) is 5.02 Å². The first kappa shape index (κ1) is 11.8. The summed E-state index contributed by atoms with van der Waals surface area (Å²) in [5.41, 5.74) is 6.61. The molecule has 1 fully saturated rings. The molecule has 0 saturated carbocycles. The van der Waals surface area contributed by atoms with Gasteiger partial charge in [0.25, 0.3) is 0 Å². The molecule has 1 aliphatic heterocycles. The summed E-state index contributed by atoms with van der Waals surface area (Å²) in [6.45, 7) is 3.63. The molecule has 2 N–H and O–H groups in total. The van der Waals surface area contributed by atoms with Crippen molar-refractivity contribution in [3.63, 3.8) is 0 Å². The Morgan fingerprint density at radius 3 is 2.88 bits per heavy atom. The molecule has 0 amide bonds. The van der Waals surface area contributed by atoms with E-state index in [-0.39, 0.29) is 11.9 Å². The van der Waals surface area contributed by atoms with Gasteiger partial charge < -0.3 is 5.73 Å². The summed E-state index contributed by atoms with van der Waals surface area (Å²) >= 11 is 5.71. The summed E-state index contributed by atoms with van der Waals surface area (Å²) < 4.78 is 13.6. The van der Waals surface area contributed by atoms with E-state index in [1.807, 2.05) is 0 Å². The third-order valence-electron chi connectivity index (χ3n) is 3.33. The number of likely N-dealkylation sites (tertiary alicyclic amines) is 1. The van der Waals surface area contributed by atoms with Crippen LogP contribution < -0.4 is 5.73 Å². The van der Waals surface area contributed by atoms with Gasteiger partial charge >= 0.3 is 0 Å². The molecule has 1 aromatic carbocycles. The minimum Gasteiger partial charge on any atom is -0.326 e. The van der Waals surface area contributed by atoms with E-state index in [1.165, 1.54) is 6.07 Å². The summed E-state index contributed by atoms with van der Waals surface area (Å²) in [6, 6.07) is 5.34.